The van der Waals surface area contributed by atoms with Crippen LogP contribution in [0.25, 0.3) is 0 Å². The summed E-state index contributed by atoms with van der Waals surface area (Å²) < 4.78 is 5.65. The van der Waals surface area contributed by atoms with Crippen LogP contribution in [0.1, 0.15) is 22.8 Å². The Morgan fingerprint density at radius 2 is 2.05 bits per heavy atom. The fourth-order valence-corrected chi connectivity index (χ4v) is 2.27. The number of para-hydroxylation sites is 1. The second-order valence-corrected chi connectivity index (χ2v) is 4.85. The number of pyridine rings is 1. The van der Waals surface area contributed by atoms with E-state index >= 15 is 0 Å². The normalized spacial score (nSPS) is 10.1. The number of benzene rings is 1. The number of aromatic nitrogens is 1. The van der Waals surface area contributed by atoms with Gasteiger partial charge in [-0.2, -0.15) is 0 Å². The maximum absolute atomic E-state index is 12.0. The summed E-state index contributed by atoms with van der Waals surface area (Å²) in [6.07, 6.45) is 1.69. The predicted octanol–water partition coefficient (Wildman–Crippen LogP) is 2.48. The van der Waals surface area contributed by atoms with Gasteiger partial charge in [0.25, 0.3) is 5.91 Å². The van der Waals surface area contributed by atoms with Crippen LogP contribution in [-0.2, 0) is 6.54 Å². The Morgan fingerprint density at radius 3 is 2.77 bits per heavy atom. The summed E-state index contributed by atoms with van der Waals surface area (Å²) in [6.45, 7) is 3.19. The number of amides is 1. The lowest BCUT2D eigenvalue weighted by Crippen LogP contribution is -2.25. The van der Waals surface area contributed by atoms with Gasteiger partial charge in [-0.3, -0.25) is 4.79 Å². The van der Waals surface area contributed by atoms with E-state index in [2.05, 4.69) is 10.3 Å². The van der Waals surface area contributed by atoms with Gasteiger partial charge in [-0.05, 0) is 25.1 Å². The molecule has 0 aliphatic carbocycles. The summed E-state index contributed by atoms with van der Waals surface area (Å²) in [7, 11) is 3.53. The highest BCUT2D eigenvalue weighted by atomic mass is 16.5. The van der Waals surface area contributed by atoms with Crippen molar-refractivity contribution < 1.29 is 9.53 Å². The van der Waals surface area contributed by atoms with Crippen molar-refractivity contribution >= 4 is 11.7 Å². The Morgan fingerprint density at radius 1 is 1.27 bits per heavy atom. The molecule has 0 radical (unpaired) electrons. The maximum Gasteiger partial charge on any atom is 0.254 e. The average molecular weight is 299 g/mol. The summed E-state index contributed by atoms with van der Waals surface area (Å²) in [4.78, 5) is 18.2. The molecule has 2 aromatic rings. The Bertz CT molecular complexity index is 643. The number of anilines is 1. The second kappa shape index (κ2) is 7.45. The van der Waals surface area contributed by atoms with Crippen LogP contribution in [-0.4, -0.2) is 31.6 Å². The molecule has 116 valence electrons. The molecule has 1 heterocycles. The smallest absolute Gasteiger partial charge is 0.254 e. The highest BCUT2D eigenvalue weighted by Gasteiger charge is 2.15. The molecule has 5 heteroatoms. The van der Waals surface area contributed by atoms with Crippen molar-refractivity contribution in [2.45, 2.75) is 13.5 Å². The first kappa shape index (κ1) is 15.8. The van der Waals surface area contributed by atoms with Gasteiger partial charge in [0.15, 0.2) is 0 Å². The molecule has 1 aromatic heterocycles. The van der Waals surface area contributed by atoms with Gasteiger partial charge in [0, 0.05) is 32.4 Å². The van der Waals surface area contributed by atoms with E-state index in [9.17, 15) is 4.79 Å². The van der Waals surface area contributed by atoms with Crippen LogP contribution in [0.15, 0.2) is 42.6 Å². The Balaban J connectivity index is 2.27. The number of hydrogen-bond acceptors (Lipinski definition) is 4. The third-order valence-corrected chi connectivity index (χ3v) is 3.30. The van der Waals surface area contributed by atoms with Crippen LogP contribution in [0.3, 0.4) is 0 Å². The van der Waals surface area contributed by atoms with Crippen molar-refractivity contribution in [2.24, 2.45) is 0 Å². The average Bonchev–Trinajstić information content (AvgIpc) is 2.56. The van der Waals surface area contributed by atoms with Gasteiger partial charge in [-0.1, -0.05) is 18.2 Å². The third-order valence-electron chi connectivity index (χ3n) is 3.30. The molecule has 0 bridgehead atoms. The van der Waals surface area contributed by atoms with Crippen molar-refractivity contribution in [1.82, 2.24) is 10.3 Å². The van der Waals surface area contributed by atoms with Crippen LogP contribution in [0.2, 0.25) is 0 Å². The number of carbonyl (C=O) groups excluding carboxylic acids is 1. The number of carbonyl (C=O) groups is 1. The van der Waals surface area contributed by atoms with Gasteiger partial charge in [0.1, 0.15) is 11.6 Å². The molecule has 22 heavy (non-hydrogen) atoms. The summed E-state index contributed by atoms with van der Waals surface area (Å²) in [5.41, 5.74) is 1.61. The minimum Gasteiger partial charge on any atom is -0.494 e. The lowest BCUT2D eigenvalue weighted by molar-refractivity contribution is 0.0963. The minimum absolute atomic E-state index is 0.145. The van der Waals surface area contributed by atoms with E-state index in [0.29, 0.717) is 24.5 Å². The fourth-order valence-electron chi connectivity index (χ4n) is 2.27. The molecular formula is C17H21N3O2. The molecular weight excluding hydrogens is 278 g/mol. The number of nitrogens with zero attached hydrogens (tertiary/aromatic N) is 2. The molecule has 0 aliphatic rings. The molecule has 1 aromatic carbocycles. The molecule has 1 N–H and O–H groups in total. The van der Waals surface area contributed by atoms with E-state index in [-0.39, 0.29) is 5.91 Å². The number of nitrogens with one attached hydrogen (secondary N) is 1. The third kappa shape index (κ3) is 3.55. The summed E-state index contributed by atoms with van der Waals surface area (Å²) in [6, 6.07) is 11.4. The largest absolute Gasteiger partial charge is 0.494 e. The Kier molecular flexibility index (Phi) is 5.36. The zero-order valence-electron chi connectivity index (χ0n) is 13.2. The predicted molar refractivity (Wildman–Crippen MR) is 87.3 cm³/mol. The number of ether oxygens (including phenoxy) is 1. The molecule has 0 atom stereocenters. The van der Waals surface area contributed by atoms with Gasteiger partial charge in [0.2, 0.25) is 0 Å². The van der Waals surface area contributed by atoms with Crippen molar-refractivity contribution in [3.8, 4) is 5.75 Å². The molecule has 2 rings (SSSR count). The van der Waals surface area contributed by atoms with Gasteiger partial charge in [-0.25, -0.2) is 4.98 Å². The van der Waals surface area contributed by atoms with Crippen LogP contribution in [0.4, 0.5) is 5.82 Å². The minimum atomic E-state index is -0.145. The van der Waals surface area contributed by atoms with Gasteiger partial charge < -0.3 is 15.0 Å². The van der Waals surface area contributed by atoms with Crippen LogP contribution in [0.5, 0.6) is 5.75 Å². The first-order chi connectivity index (χ1) is 10.7. The Labute approximate surface area is 130 Å². The quantitative estimate of drug-likeness (QED) is 0.890. The van der Waals surface area contributed by atoms with Gasteiger partial charge in [0.05, 0.1) is 12.2 Å². The summed E-state index contributed by atoms with van der Waals surface area (Å²) >= 11 is 0. The molecule has 1 amide bonds. The molecule has 5 nitrogen and oxygen atoms in total. The first-order valence-electron chi connectivity index (χ1n) is 7.26. The lowest BCUT2D eigenvalue weighted by Gasteiger charge is -2.22. The van der Waals surface area contributed by atoms with Crippen LogP contribution >= 0.6 is 0 Å². The molecule has 0 saturated carbocycles. The molecule has 0 saturated heterocycles. The van der Waals surface area contributed by atoms with Crippen molar-refractivity contribution in [3.63, 3.8) is 0 Å². The van der Waals surface area contributed by atoms with E-state index in [0.717, 1.165) is 11.3 Å². The van der Waals surface area contributed by atoms with Crippen LogP contribution < -0.4 is 15.0 Å². The number of rotatable bonds is 6. The zero-order valence-corrected chi connectivity index (χ0v) is 13.2. The Hall–Kier alpha value is -2.56. The molecule has 0 spiro atoms. The van der Waals surface area contributed by atoms with Crippen LogP contribution in [0, 0.1) is 0 Å². The standard InChI is InChI=1S/C17H21N3O2/c1-4-22-15-10-6-5-8-13(15)12-20(3)16-14(17(21)18-2)9-7-11-19-16/h5-11H,4,12H2,1-3H3,(H,18,21). The van der Waals surface area contributed by atoms with E-state index in [1.54, 1.807) is 25.4 Å². The highest BCUT2D eigenvalue weighted by Crippen LogP contribution is 2.23. The van der Waals surface area contributed by atoms with E-state index in [4.69, 9.17) is 4.74 Å². The van der Waals surface area contributed by atoms with Crippen molar-refractivity contribution in [1.29, 1.82) is 0 Å². The molecule has 0 fully saturated rings. The van der Waals surface area contributed by atoms with E-state index in [1.165, 1.54) is 0 Å². The monoisotopic (exact) mass is 299 g/mol. The van der Waals surface area contributed by atoms with Gasteiger partial charge in [-0.15, -0.1) is 0 Å². The first-order valence-corrected chi connectivity index (χ1v) is 7.26. The highest BCUT2D eigenvalue weighted by molar-refractivity contribution is 5.98. The fraction of sp³-hybridized carbons (Fsp3) is 0.294. The van der Waals surface area contributed by atoms with E-state index < -0.39 is 0 Å². The van der Waals surface area contributed by atoms with Crippen molar-refractivity contribution in [3.05, 3.63) is 53.7 Å². The lowest BCUT2D eigenvalue weighted by atomic mass is 10.1. The molecule has 0 aliphatic heterocycles. The van der Waals surface area contributed by atoms with E-state index in [1.807, 2.05) is 43.1 Å². The van der Waals surface area contributed by atoms with Crippen molar-refractivity contribution in [2.75, 3.05) is 25.6 Å². The van der Waals surface area contributed by atoms with Gasteiger partial charge >= 0.3 is 0 Å². The summed E-state index contributed by atoms with van der Waals surface area (Å²) in [5.74, 6) is 1.36. The topological polar surface area (TPSA) is 54.5 Å². The SMILES string of the molecule is CCOc1ccccc1CN(C)c1ncccc1C(=O)NC. The second-order valence-electron chi connectivity index (χ2n) is 4.85. The summed E-state index contributed by atoms with van der Waals surface area (Å²) in [5, 5.41) is 2.64. The number of hydrogen-bond donors (Lipinski definition) is 1. The maximum atomic E-state index is 12.0. The zero-order chi connectivity index (χ0) is 15.9. The molecule has 0 unspecified atom stereocenters.